The van der Waals surface area contributed by atoms with E-state index in [9.17, 15) is 0 Å². The maximum Gasteiger partial charge on any atom is 0.181 e. The maximum atomic E-state index is 7.26. The predicted molar refractivity (Wildman–Crippen MR) is 21.6 cm³/mol. The first kappa shape index (κ1) is 16.6. The molecule has 0 bridgehead atoms. The maximum absolute atomic E-state index is 7.26. The fourth-order valence-corrected chi connectivity index (χ4v) is 0. The van der Waals surface area contributed by atoms with Crippen LogP contribution in [0.1, 0.15) is 0 Å². The zero-order valence-corrected chi connectivity index (χ0v) is 5.18. The second-order valence-electron chi connectivity index (χ2n) is 0.224. The molecule has 0 aromatic carbocycles. The van der Waals surface area contributed by atoms with Crippen molar-refractivity contribution >= 4 is 13.5 Å². The molecule has 0 aromatic rings. The molecule has 6 heavy (non-hydrogen) atoms. The molecule has 0 N–H and O–H groups in total. The molecule has 1 radical (unpaired) electrons. The van der Waals surface area contributed by atoms with Crippen LogP contribution in [0.15, 0.2) is 0 Å². The van der Waals surface area contributed by atoms with Gasteiger partial charge in [0.25, 0.3) is 0 Å². The number of nitrogens with zero attached hydrogens (tertiary/aromatic N) is 2. The number of hydrogen-bond acceptors (Lipinski definition) is 2. The zero-order chi connectivity index (χ0) is 3.41. The monoisotopic (exact) mass is 193 g/mol. The smallest absolute Gasteiger partial charge is 0.181 e. The van der Waals surface area contributed by atoms with Gasteiger partial charge in [-0.05, 0) is 0 Å². The first-order chi connectivity index (χ1) is 1.91. The van der Waals surface area contributed by atoms with Crippen LogP contribution >= 0.6 is 13.5 Å². The minimum atomic E-state index is 0. The molecule has 0 spiro atoms. The van der Waals surface area contributed by atoms with Crippen LogP contribution in [0.5, 0.6) is 0 Å². The third-order valence-corrected chi connectivity index (χ3v) is 0.0500. The van der Waals surface area contributed by atoms with E-state index in [4.69, 9.17) is 10.5 Å². The Kier molecular flexibility index (Phi) is 54.1. The summed E-state index contributed by atoms with van der Waals surface area (Å²) in [4.78, 5) is 0. The van der Waals surface area contributed by atoms with Crippen molar-refractivity contribution in [3.05, 3.63) is 0 Å². The van der Waals surface area contributed by atoms with Crippen LogP contribution in [0.3, 0.4) is 0 Å². The predicted octanol–water partition coefficient (Wildman–Crippen LogP) is 0.144. The molecule has 0 saturated carbocycles. The molecular weight excluding hydrogens is 192 g/mol. The van der Waals surface area contributed by atoms with Gasteiger partial charge in [-0.25, -0.2) is 0 Å². The van der Waals surface area contributed by atoms with Crippen molar-refractivity contribution < 1.29 is 22.4 Å². The van der Waals surface area contributed by atoms with Gasteiger partial charge in [0.05, 0.1) is 0 Å². The summed E-state index contributed by atoms with van der Waals surface area (Å²) in [7, 11) is 0. The quantitative estimate of drug-likeness (QED) is 0.515. The summed E-state index contributed by atoms with van der Waals surface area (Å²) < 4.78 is 0. The summed E-state index contributed by atoms with van der Waals surface area (Å²) in [6, 6.07) is 2.47. The second-order valence-corrected chi connectivity index (χ2v) is 0.224. The fraction of sp³-hybridized carbons (Fsp3) is 0. The molecule has 0 atom stereocenters. The number of nitriles is 2. The Labute approximate surface area is 58.7 Å². The average molecular weight is 194 g/mol. The summed E-state index contributed by atoms with van der Waals surface area (Å²) in [5.41, 5.74) is 0. The number of rotatable bonds is 0. The molecule has 0 fully saturated rings. The van der Waals surface area contributed by atoms with Crippen molar-refractivity contribution in [1.29, 1.82) is 10.5 Å². The van der Waals surface area contributed by atoms with Crippen LogP contribution < -0.4 is 0 Å². The van der Waals surface area contributed by atoms with Gasteiger partial charge >= 0.3 is 0 Å². The Balaban J connectivity index is -0.0000000450. The standard InChI is InChI=1S/C2N2.Ag.H2S/c3-1-2-4;;/h;;1H2. The van der Waals surface area contributed by atoms with E-state index in [1.165, 1.54) is 12.1 Å². The van der Waals surface area contributed by atoms with Gasteiger partial charge < -0.3 is 0 Å². The SMILES string of the molecule is N#CC#N.S.[Ag]. The van der Waals surface area contributed by atoms with E-state index in [0.717, 1.165) is 0 Å². The van der Waals surface area contributed by atoms with E-state index in [1.54, 1.807) is 0 Å². The van der Waals surface area contributed by atoms with Crippen molar-refractivity contribution in [1.82, 2.24) is 0 Å². The summed E-state index contributed by atoms with van der Waals surface area (Å²) in [5.74, 6) is 0. The van der Waals surface area contributed by atoms with Crippen molar-refractivity contribution in [2.75, 3.05) is 0 Å². The molecule has 0 heterocycles. The molecule has 0 aliphatic rings. The fourth-order valence-electron chi connectivity index (χ4n) is 0. The third-order valence-electron chi connectivity index (χ3n) is 0.0500. The summed E-state index contributed by atoms with van der Waals surface area (Å²) in [6.45, 7) is 0. The largest absolute Gasteiger partial charge is 0.197 e. The van der Waals surface area contributed by atoms with E-state index in [0.29, 0.717) is 0 Å². The van der Waals surface area contributed by atoms with Gasteiger partial charge in [0.15, 0.2) is 12.1 Å². The van der Waals surface area contributed by atoms with Crippen LogP contribution in [-0.4, -0.2) is 0 Å². The molecule has 2 nitrogen and oxygen atoms in total. The van der Waals surface area contributed by atoms with Gasteiger partial charge in [0, 0.05) is 22.4 Å². The van der Waals surface area contributed by atoms with E-state index in [1.807, 2.05) is 0 Å². The Hall–Kier alpha value is 0.0703. The Morgan fingerprint density at radius 1 is 1.00 bits per heavy atom. The molecule has 0 amide bonds. The van der Waals surface area contributed by atoms with Gasteiger partial charge in [0.2, 0.25) is 0 Å². The summed E-state index contributed by atoms with van der Waals surface area (Å²) >= 11 is 0. The first-order valence-corrected chi connectivity index (χ1v) is 0.697. The minimum Gasteiger partial charge on any atom is -0.197 e. The normalized spacial score (nSPS) is 1.67. The van der Waals surface area contributed by atoms with Gasteiger partial charge in [-0.1, -0.05) is 0 Å². The van der Waals surface area contributed by atoms with Crippen LogP contribution in [0.4, 0.5) is 0 Å². The minimum absolute atomic E-state index is 0. The molecule has 0 saturated heterocycles. The average Bonchev–Trinajstić information content (AvgIpc) is 1.37. The first-order valence-electron chi connectivity index (χ1n) is 0.697. The second kappa shape index (κ2) is 19.6. The van der Waals surface area contributed by atoms with E-state index >= 15 is 0 Å². The third kappa shape index (κ3) is 33.5. The van der Waals surface area contributed by atoms with Crippen LogP contribution in [0, 0.1) is 22.7 Å². The van der Waals surface area contributed by atoms with E-state index < -0.39 is 0 Å². The Bertz CT molecular complexity index is 66.5. The van der Waals surface area contributed by atoms with Gasteiger partial charge in [-0.2, -0.15) is 24.0 Å². The van der Waals surface area contributed by atoms with Crippen LogP contribution in [-0.2, 0) is 22.4 Å². The zero-order valence-electron chi connectivity index (χ0n) is 2.70. The van der Waals surface area contributed by atoms with Gasteiger partial charge in [-0.3, -0.25) is 0 Å². The van der Waals surface area contributed by atoms with Crippen LogP contribution in [0.25, 0.3) is 0 Å². The molecule has 0 rings (SSSR count). The molecule has 0 aliphatic heterocycles. The topological polar surface area (TPSA) is 47.6 Å². The van der Waals surface area contributed by atoms with Crippen molar-refractivity contribution in [2.24, 2.45) is 0 Å². The molecular formula is C2H2AgN2S. The van der Waals surface area contributed by atoms with E-state index in [-0.39, 0.29) is 35.9 Å². The molecule has 0 aliphatic carbocycles. The molecule has 4 heteroatoms. The van der Waals surface area contributed by atoms with Crippen LogP contribution in [0.2, 0.25) is 0 Å². The molecule has 0 aromatic heterocycles. The summed E-state index contributed by atoms with van der Waals surface area (Å²) in [5, 5.41) is 14.5. The Morgan fingerprint density at radius 2 is 1.17 bits per heavy atom. The number of hydrogen-bond donors (Lipinski definition) is 0. The van der Waals surface area contributed by atoms with E-state index in [2.05, 4.69) is 0 Å². The van der Waals surface area contributed by atoms with Crippen molar-refractivity contribution in [2.45, 2.75) is 0 Å². The van der Waals surface area contributed by atoms with Crippen molar-refractivity contribution in [3.8, 4) is 12.1 Å². The molecule has 0 unspecified atom stereocenters. The Morgan fingerprint density at radius 3 is 1.17 bits per heavy atom. The van der Waals surface area contributed by atoms with Gasteiger partial charge in [0.1, 0.15) is 0 Å². The van der Waals surface area contributed by atoms with Crippen molar-refractivity contribution in [3.63, 3.8) is 0 Å². The molecule has 37 valence electrons. The van der Waals surface area contributed by atoms with Gasteiger partial charge in [-0.15, -0.1) is 0 Å². The summed E-state index contributed by atoms with van der Waals surface area (Å²) in [6.07, 6.45) is 0.